The molecule has 0 fully saturated rings. The molecule has 0 aromatic heterocycles. The largest absolute Gasteiger partial charge is 0.205 e. The van der Waals surface area contributed by atoms with Crippen molar-refractivity contribution in [3.05, 3.63) is 99.4 Å². The van der Waals surface area contributed by atoms with Crippen LogP contribution in [-0.4, -0.2) is 0 Å². The Morgan fingerprint density at radius 1 is 0.857 bits per heavy atom. The number of halogens is 1. The second-order valence-electron chi connectivity index (χ2n) is 8.81. The average Bonchev–Trinajstić information content (AvgIpc) is 3.28. The van der Waals surface area contributed by atoms with E-state index in [-0.39, 0.29) is 5.56 Å². The quantitative estimate of drug-likeness (QED) is 0.257. The summed E-state index contributed by atoms with van der Waals surface area (Å²) in [6, 6.07) is 18.4. The van der Waals surface area contributed by atoms with Crippen molar-refractivity contribution in [2.75, 3.05) is 0 Å². The molecule has 1 aliphatic rings. The van der Waals surface area contributed by atoms with Crippen molar-refractivity contribution in [3.63, 3.8) is 0 Å². The van der Waals surface area contributed by atoms with E-state index in [1.807, 2.05) is 18.2 Å². The van der Waals surface area contributed by atoms with Gasteiger partial charge in [-0.1, -0.05) is 56.2 Å². The van der Waals surface area contributed by atoms with Crippen LogP contribution in [0.4, 0.5) is 15.8 Å². The normalized spacial score (nSPS) is 12.1. The first kappa shape index (κ1) is 24.1. The van der Waals surface area contributed by atoms with Gasteiger partial charge in [-0.2, -0.15) is 15.5 Å². The van der Waals surface area contributed by atoms with Crippen molar-refractivity contribution in [2.45, 2.75) is 52.4 Å². The number of aryl methyl sites for hydroxylation is 1. The minimum atomic E-state index is -0.597. The van der Waals surface area contributed by atoms with Crippen molar-refractivity contribution in [1.29, 1.82) is 5.26 Å². The molecule has 0 bridgehead atoms. The van der Waals surface area contributed by atoms with E-state index in [2.05, 4.69) is 60.2 Å². The Kier molecular flexibility index (Phi) is 7.86. The molecule has 4 rings (SSSR count). The van der Waals surface area contributed by atoms with Crippen molar-refractivity contribution < 1.29 is 4.39 Å². The molecule has 1 aliphatic carbocycles. The van der Waals surface area contributed by atoms with Crippen LogP contribution in [0.5, 0.6) is 0 Å². The van der Waals surface area contributed by atoms with Gasteiger partial charge < -0.3 is 0 Å². The van der Waals surface area contributed by atoms with Gasteiger partial charge in [-0.05, 0) is 84.8 Å². The summed E-state index contributed by atoms with van der Waals surface area (Å²) in [5, 5.41) is 17.3. The summed E-state index contributed by atoms with van der Waals surface area (Å²) in [5.74, 6) is 6.09. The lowest BCUT2D eigenvalue weighted by atomic mass is 10.0. The monoisotopic (exact) mass is 461 g/mol. The number of allylic oxidation sites excluding steroid dienone is 1. The van der Waals surface area contributed by atoms with E-state index in [0.717, 1.165) is 36.0 Å². The molecule has 0 amide bonds. The zero-order valence-electron chi connectivity index (χ0n) is 20.2. The third-order valence-corrected chi connectivity index (χ3v) is 6.08. The van der Waals surface area contributed by atoms with Crippen molar-refractivity contribution >= 4 is 17.5 Å². The predicted molar refractivity (Wildman–Crippen MR) is 139 cm³/mol. The predicted octanol–water partition coefficient (Wildman–Crippen LogP) is 8.59. The van der Waals surface area contributed by atoms with E-state index in [4.69, 9.17) is 5.26 Å². The van der Waals surface area contributed by atoms with E-state index in [1.54, 1.807) is 12.1 Å². The second-order valence-corrected chi connectivity index (χ2v) is 8.81. The van der Waals surface area contributed by atoms with Crippen LogP contribution in [0, 0.1) is 29.0 Å². The maximum Gasteiger partial charge on any atom is 0.143 e. The number of azo groups is 1. The fourth-order valence-corrected chi connectivity index (χ4v) is 4.20. The smallest absolute Gasteiger partial charge is 0.143 e. The average molecular weight is 462 g/mol. The summed E-state index contributed by atoms with van der Waals surface area (Å²) in [4.78, 5) is 0. The third-order valence-electron chi connectivity index (χ3n) is 6.08. The van der Waals surface area contributed by atoms with Gasteiger partial charge in [-0.25, -0.2) is 4.39 Å². The number of benzene rings is 3. The van der Waals surface area contributed by atoms with Gasteiger partial charge in [0, 0.05) is 17.2 Å². The number of hydrogen-bond donors (Lipinski definition) is 0. The maximum absolute atomic E-state index is 13.8. The summed E-state index contributed by atoms with van der Waals surface area (Å²) >= 11 is 0. The summed E-state index contributed by atoms with van der Waals surface area (Å²) in [6.07, 6.45) is 8.90. The highest BCUT2D eigenvalue weighted by Crippen LogP contribution is 2.29. The van der Waals surface area contributed by atoms with Crippen LogP contribution >= 0.6 is 0 Å². The molecule has 0 unspecified atom stereocenters. The molecule has 3 aromatic rings. The number of nitriles is 1. The lowest BCUT2D eigenvalue weighted by molar-refractivity contribution is 0.624. The lowest BCUT2D eigenvalue weighted by Gasteiger charge is -2.04. The van der Waals surface area contributed by atoms with Crippen molar-refractivity contribution in [3.8, 4) is 17.9 Å². The van der Waals surface area contributed by atoms with Crippen molar-refractivity contribution in [1.82, 2.24) is 0 Å². The van der Waals surface area contributed by atoms with E-state index in [9.17, 15) is 4.39 Å². The molecule has 0 atom stereocenters. The molecule has 0 heterocycles. The Morgan fingerprint density at radius 3 is 2.34 bits per heavy atom. The van der Waals surface area contributed by atoms with Crippen LogP contribution in [-0.2, 0) is 12.8 Å². The first-order chi connectivity index (χ1) is 17.1. The molecule has 3 aromatic carbocycles. The number of hydrogen-bond acceptors (Lipinski definition) is 3. The number of nitrogens with zero attached hydrogens (tertiary/aromatic N) is 3. The molecule has 4 heteroatoms. The van der Waals surface area contributed by atoms with Gasteiger partial charge in [0.05, 0.1) is 16.9 Å². The summed E-state index contributed by atoms with van der Waals surface area (Å²) in [7, 11) is 0. The van der Waals surface area contributed by atoms with Gasteiger partial charge in [0.1, 0.15) is 11.9 Å². The molecular formula is C31H28FN3. The molecule has 0 spiro atoms. The molecule has 0 radical (unpaired) electrons. The van der Waals surface area contributed by atoms with E-state index >= 15 is 0 Å². The fraction of sp³-hybridized carbons (Fsp3) is 0.258. The molecular weight excluding hydrogens is 433 g/mol. The Labute approximate surface area is 207 Å². The minimum absolute atomic E-state index is 0.00608. The standard InChI is InChI=1S/C31H28FN3/c1-3-5-7-23-17-26-11-9-22(16-28(26)18-23)8-10-24-12-14-29(19-25(24)6-4-2)34-35-30-15-13-27(21-33)31(32)20-30/h9,11-16,18-20H,3-7,17H2,1-2H3. The Balaban J connectivity index is 1.54. The van der Waals surface area contributed by atoms with E-state index < -0.39 is 5.82 Å². The summed E-state index contributed by atoms with van der Waals surface area (Å²) in [6.45, 7) is 4.36. The molecule has 0 N–H and O–H groups in total. The zero-order chi connectivity index (χ0) is 24.6. The first-order valence-electron chi connectivity index (χ1n) is 12.2. The Bertz CT molecular complexity index is 1400. The van der Waals surface area contributed by atoms with Gasteiger partial charge in [0.15, 0.2) is 0 Å². The van der Waals surface area contributed by atoms with E-state index in [0.29, 0.717) is 11.4 Å². The van der Waals surface area contributed by atoms with Crippen LogP contribution in [0.15, 0.2) is 70.4 Å². The van der Waals surface area contributed by atoms with Crippen LogP contribution < -0.4 is 0 Å². The maximum atomic E-state index is 13.8. The van der Waals surface area contributed by atoms with Gasteiger partial charge in [-0.15, -0.1) is 0 Å². The summed E-state index contributed by atoms with van der Waals surface area (Å²) < 4.78 is 13.8. The van der Waals surface area contributed by atoms with Crippen LogP contribution in [0.3, 0.4) is 0 Å². The first-order valence-corrected chi connectivity index (χ1v) is 12.2. The highest BCUT2D eigenvalue weighted by molar-refractivity contribution is 5.66. The highest BCUT2D eigenvalue weighted by Gasteiger charge is 2.12. The zero-order valence-corrected chi connectivity index (χ0v) is 20.2. The number of fused-ring (bicyclic) bond motifs is 1. The van der Waals surface area contributed by atoms with Gasteiger partial charge in [0.2, 0.25) is 0 Å². The van der Waals surface area contributed by atoms with Gasteiger partial charge in [0.25, 0.3) is 0 Å². The van der Waals surface area contributed by atoms with E-state index in [1.165, 1.54) is 48.1 Å². The minimum Gasteiger partial charge on any atom is -0.205 e. The Hall–Kier alpha value is -4.02. The highest BCUT2D eigenvalue weighted by atomic mass is 19.1. The third kappa shape index (κ3) is 6.11. The fourth-order valence-electron chi connectivity index (χ4n) is 4.20. The molecule has 174 valence electrons. The SMILES string of the molecule is CCCCC1=Cc2cc(C#Cc3ccc(N=Nc4ccc(C#N)c(F)c4)cc3CCC)ccc2C1. The van der Waals surface area contributed by atoms with Crippen LogP contribution in [0.2, 0.25) is 0 Å². The molecule has 0 aliphatic heterocycles. The molecule has 0 saturated heterocycles. The van der Waals surface area contributed by atoms with Gasteiger partial charge >= 0.3 is 0 Å². The van der Waals surface area contributed by atoms with Crippen LogP contribution in [0.1, 0.15) is 72.9 Å². The van der Waals surface area contributed by atoms with Gasteiger partial charge in [-0.3, -0.25) is 0 Å². The molecule has 35 heavy (non-hydrogen) atoms. The molecule has 0 saturated carbocycles. The topological polar surface area (TPSA) is 48.5 Å². The van der Waals surface area contributed by atoms with Crippen LogP contribution in [0.25, 0.3) is 6.08 Å². The second kappa shape index (κ2) is 11.4. The number of rotatable bonds is 7. The summed E-state index contributed by atoms with van der Waals surface area (Å²) in [5.41, 5.74) is 8.37. The number of unbranched alkanes of at least 4 members (excludes halogenated alkanes) is 1. The Morgan fingerprint density at radius 2 is 1.63 bits per heavy atom. The van der Waals surface area contributed by atoms with Crippen molar-refractivity contribution in [2.24, 2.45) is 10.2 Å². The molecule has 3 nitrogen and oxygen atoms in total. The lowest BCUT2D eigenvalue weighted by Crippen LogP contribution is -1.90.